The number of rotatable bonds is 9. The molecule has 0 aromatic heterocycles. The molecule has 0 saturated carbocycles. The number of hydrogen-bond acceptors (Lipinski definition) is 3. The van der Waals surface area contributed by atoms with E-state index in [0.29, 0.717) is 11.5 Å². The molecule has 0 heterocycles. The SMILES string of the molecule is COCCC(C)(C)CNCCNC(C)C. The molecule has 0 aliphatic carbocycles. The quantitative estimate of drug-likeness (QED) is 0.575. The largest absolute Gasteiger partial charge is 0.385 e. The molecule has 0 unspecified atom stereocenters. The lowest BCUT2D eigenvalue weighted by molar-refractivity contribution is 0.151. The fourth-order valence-corrected chi connectivity index (χ4v) is 1.34. The van der Waals surface area contributed by atoms with Crippen molar-refractivity contribution in [2.24, 2.45) is 5.41 Å². The van der Waals surface area contributed by atoms with Crippen molar-refractivity contribution < 1.29 is 4.74 Å². The molecule has 3 heteroatoms. The fourth-order valence-electron chi connectivity index (χ4n) is 1.34. The van der Waals surface area contributed by atoms with Gasteiger partial charge in [-0.1, -0.05) is 27.7 Å². The van der Waals surface area contributed by atoms with Gasteiger partial charge in [0.15, 0.2) is 0 Å². The lowest BCUT2D eigenvalue weighted by Crippen LogP contribution is -2.36. The van der Waals surface area contributed by atoms with Crippen molar-refractivity contribution in [1.82, 2.24) is 10.6 Å². The van der Waals surface area contributed by atoms with Crippen LogP contribution in [0.15, 0.2) is 0 Å². The van der Waals surface area contributed by atoms with E-state index in [2.05, 4.69) is 38.3 Å². The normalized spacial score (nSPS) is 12.4. The van der Waals surface area contributed by atoms with Gasteiger partial charge in [0.05, 0.1) is 0 Å². The van der Waals surface area contributed by atoms with Crippen LogP contribution in [-0.2, 0) is 4.74 Å². The van der Waals surface area contributed by atoms with Gasteiger partial charge in [0.1, 0.15) is 0 Å². The summed E-state index contributed by atoms with van der Waals surface area (Å²) >= 11 is 0. The van der Waals surface area contributed by atoms with Gasteiger partial charge < -0.3 is 15.4 Å². The van der Waals surface area contributed by atoms with Gasteiger partial charge in [-0.25, -0.2) is 0 Å². The standard InChI is InChI=1S/C12H28N2O/c1-11(2)14-8-7-13-10-12(3,4)6-9-15-5/h11,13-14H,6-10H2,1-5H3. The first-order chi connectivity index (χ1) is 6.98. The molecule has 0 aromatic carbocycles. The maximum atomic E-state index is 5.10. The second-order valence-corrected chi connectivity index (χ2v) is 5.19. The Hall–Kier alpha value is -0.120. The first-order valence-corrected chi connectivity index (χ1v) is 5.91. The summed E-state index contributed by atoms with van der Waals surface area (Å²) in [6.07, 6.45) is 1.11. The monoisotopic (exact) mass is 216 g/mol. The maximum Gasteiger partial charge on any atom is 0.0467 e. The Balaban J connectivity index is 3.40. The maximum absolute atomic E-state index is 5.10. The average molecular weight is 216 g/mol. The number of nitrogens with one attached hydrogen (secondary N) is 2. The summed E-state index contributed by atoms with van der Waals surface area (Å²) in [6, 6.07) is 0.577. The van der Waals surface area contributed by atoms with Gasteiger partial charge in [0, 0.05) is 39.4 Å². The first-order valence-electron chi connectivity index (χ1n) is 5.91. The Morgan fingerprint density at radius 2 is 1.87 bits per heavy atom. The van der Waals surface area contributed by atoms with Crippen LogP contribution >= 0.6 is 0 Å². The molecule has 2 N–H and O–H groups in total. The van der Waals surface area contributed by atoms with E-state index in [1.165, 1.54) is 0 Å². The van der Waals surface area contributed by atoms with E-state index in [-0.39, 0.29) is 0 Å². The zero-order chi connectivity index (χ0) is 11.7. The molecule has 0 saturated heterocycles. The van der Waals surface area contributed by atoms with Crippen LogP contribution < -0.4 is 10.6 Å². The van der Waals surface area contributed by atoms with Crippen molar-refractivity contribution in [2.75, 3.05) is 33.4 Å². The Morgan fingerprint density at radius 1 is 1.20 bits per heavy atom. The second-order valence-electron chi connectivity index (χ2n) is 5.19. The average Bonchev–Trinajstić information content (AvgIpc) is 2.14. The van der Waals surface area contributed by atoms with Crippen molar-refractivity contribution in [1.29, 1.82) is 0 Å². The van der Waals surface area contributed by atoms with E-state index in [4.69, 9.17) is 4.74 Å². The summed E-state index contributed by atoms with van der Waals surface area (Å²) in [5, 5.41) is 6.86. The van der Waals surface area contributed by atoms with E-state index in [1.807, 2.05) is 0 Å². The molecule has 0 spiro atoms. The fraction of sp³-hybridized carbons (Fsp3) is 1.00. The molecule has 3 nitrogen and oxygen atoms in total. The first kappa shape index (κ1) is 14.9. The molecular weight excluding hydrogens is 188 g/mol. The summed E-state index contributed by atoms with van der Waals surface area (Å²) in [6.45, 7) is 12.9. The number of hydrogen-bond donors (Lipinski definition) is 2. The van der Waals surface area contributed by atoms with Gasteiger partial charge in [0.25, 0.3) is 0 Å². The van der Waals surface area contributed by atoms with Crippen LogP contribution in [0.3, 0.4) is 0 Å². The Morgan fingerprint density at radius 3 is 2.40 bits per heavy atom. The molecular formula is C12H28N2O. The van der Waals surface area contributed by atoms with E-state index in [9.17, 15) is 0 Å². The third-order valence-electron chi connectivity index (χ3n) is 2.44. The summed E-state index contributed by atoms with van der Waals surface area (Å²) < 4.78 is 5.10. The Bertz CT molecular complexity index is 147. The van der Waals surface area contributed by atoms with Gasteiger partial charge in [0.2, 0.25) is 0 Å². The molecule has 0 bridgehead atoms. The van der Waals surface area contributed by atoms with Crippen LogP contribution in [0.5, 0.6) is 0 Å². The summed E-state index contributed by atoms with van der Waals surface area (Å²) in [4.78, 5) is 0. The van der Waals surface area contributed by atoms with Crippen molar-refractivity contribution in [3.05, 3.63) is 0 Å². The van der Waals surface area contributed by atoms with Gasteiger partial charge in [-0.2, -0.15) is 0 Å². The van der Waals surface area contributed by atoms with Crippen LogP contribution in [0, 0.1) is 5.41 Å². The molecule has 0 rings (SSSR count). The van der Waals surface area contributed by atoms with Crippen molar-refractivity contribution in [2.45, 2.75) is 40.2 Å². The molecule has 0 amide bonds. The number of methoxy groups -OCH3 is 1. The zero-order valence-corrected chi connectivity index (χ0v) is 11.0. The lowest BCUT2D eigenvalue weighted by Gasteiger charge is -2.24. The van der Waals surface area contributed by atoms with Gasteiger partial charge in [-0.05, 0) is 11.8 Å². The highest BCUT2D eigenvalue weighted by molar-refractivity contribution is 4.71. The topological polar surface area (TPSA) is 33.3 Å². The minimum atomic E-state index is 0.327. The molecule has 0 atom stereocenters. The van der Waals surface area contributed by atoms with Crippen molar-refractivity contribution in [3.8, 4) is 0 Å². The molecule has 0 fully saturated rings. The van der Waals surface area contributed by atoms with E-state index in [0.717, 1.165) is 32.7 Å². The van der Waals surface area contributed by atoms with Crippen molar-refractivity contribution >= 4 is 0 Å². The summed E-state index contributed by atoms with van der Waals surface area (Å²) in [5.41, 5.74) is 0.327. The highest BCUT2D eigenvalue weighted by Gasteiger charge is 2.16. The van der Waals surface area contributed by atoms with E-state index >= 15 is 0 Å². The highest BCUT2D eigenvalue weighted by atomic mass is 16.5. The second kappa shape index (κ2) is 8.08. The smallest absolute Gasteiger partial charge is 0.0467 e. The molecule has 0 radical (unpaired) electrons. The predicted octanol–water partition coefficient (Wildman–Crippen LogP) is 1.64. The minimum Gasteiger partial charge on any atom is -0.385 e. The minimum absolute atomic E-state index is 0.327. The van der Waals surface area contributed by atoms with Crippen LogP contribution in [0.25, 0.3) is 0 Å². The van der Waals surface area contributed by atoms with E-state index in [1.54, 1.807) is 7.11 Å². The van der Waals surface area contributed by atoms with Crippen LogP contribution in [0.1, 0.15) is 34.1 Å². The number of ether oxygens (including phenoxy) is 1. The summed E-state index contributed by atoms with van der Waals surface area (Å²) in [5.74, 6) is 0. The molecule has 0 aliphatic heterocycles. The summed E-state index contributed by atoms with van der Waals surface area (Å²) in [7, 11) is 1.76. The van der Waals surface area contributed by atoms with E-state index < -0.39 is 0 Å². The van der Waals surface area contributed by atoms with Gasteiger partial charge >= 0.3 is 0 Å². The van der Waals surface area contributed by atoms with Crippen molar-refractivity contribution in [3.63, 3.8) is 0 Å². The van der Waals surface area contributed by atoms with Gasteiger partial charge in [-0.15, -0.1) is 0 Å². The molecule has 0 aliphatic rings. The van der Waals surface area contributed by atoms with Crippen LogP contribution in [0.4, 0.5) is 0 Å². The molecule has 15 heavy (non-hydrogen) atoms. The Labute approximate surface area is 95.0 Å². The Kier molecular flexibility index (Phi) is 8.02. The predicted molar refractivity (Wildman–Crippen MR) is 66.3 cm³/mol. The van der Waals surface area contributed by atoms with Crippen LogP contribution in [-0.4, -0.2) is 39.4 Å². The molecule has 0 aromatic rings. The third kappa shape index (κ3) is 10.2. The highest BCUT2D eigenvalue weighted by Crippen LogP contribution is 2.18. The van der Waals surface area contributed by atoms with Gasteiger partial charge in [-0.3, -0.25) is 0 Å². The lowest BCUT2D eigenvalue weighted by atomic mass is 9.90. The van der Waals surface area contributed by atoms with Crippen LogP contribution in [0.2, 0.25) is 0 Å². The zero-order valence-electron chi connectivity index (χ0n) is 11.0. The molecule has 92 valence electrons. The third-order valence-corrected chi connectivity index (χ3v) is 2.44.